The van der Waals surface area contributed by atoms with Crippen molar-refractivity contribution in [3.05, 3.63) is 18.5 Å². The number of anilines is 1. The van der Waals surface area contributed by atoms with Gasteiger partial charge in [0.2, 0.25) is 5.95 Å². The number of nitrogens with zero attached hydrogens (tertiary/aromatic N) is 2. The molecule has 0 aliphatic heterocycles. The molecule has 0 saturated heterocycles. The lowest BCUT2D eigenvalue weighted by atomic mass is 10.2. The van der Waals surface area contributed by atoms with E-state index < -0.39 is 0 Å². The van der Waals surface area contributed by atoms with E-state index in [1.807, 2.05) is 0 Å². The van der Waals surface area contributed by atoms with Gasteiger partial charge in [0.25, 0.3) is 0 Å². The van der Waals surface area contributed by atoms with E-state index in [4.69, 9.17) is 5.73 Å². The zero-order valence-corrected chi connectivity index (χ0v) is 7.20. The Balaban J connectivity index is 2.41. The lowest BCUT2D eigenvalue weighted by Crippen LogP contribution is -2.20. The molecule has 1 heterocycles. The first-order valence-corrected chi connectivity index (χ1v) is 4.06. The Hall–Kier alpha value is -1.16. The van der Waals surface area contributed by atoms with E-state index in [-0.39, 0.29) is 0 Å². The summed E-state index contributed by atoms with van der Waals surface area (Å²) < 4.78 is 0. The Morgan fingerprint density at radius 3 is 2.75 bits per heavy atom. The van der Waals surface area contributed by atoms with Crippen LogP contribution in [0, 0.1) is 0 Å². The van der Waals surface area contributed by atoms with Gasteiger partial charge < -0.3 is 11.1 Å². The van der Waals surface area contributed by atoms with Crippen LogP contribution in [0.1, 0.15) is 13.3 Å². The van der Waals surface area contributed by atoms with Crippen LogP contribution in [-0.4, -0.2) is 22.6 Å². The molecule has 0 bridgehead atoms. The van der Waals surface area contributed by atoms with Gasteiger partial charge in [0.15, 0.2) is 0 Å². The maximum Gasteiger partial charge on any atom is 0.222 e. The fourth-order valence-electron chi connectivity index (χ4n) is 0.916. The molecule has 12 heavy (non-hydrogen) atoms. The van der Waals surface area contributed by atoms with Gasteiger partial charge >= 0.3 is 0 Å². The molecule has 1 aromatic heterocycles. The van der Waals surface area contributed by atoms with Crippen molar-refractivity contribution in [2.24, 2.45) is 5.73 Å². The Bertz CT molecular complexity index is 212. The lowest BCUT2D eigenvalue weighted by molar-refractivity contribution is 0.709. The first-order valence-electron chi connectivity index (χ1n) is 4.06. The Labute approximate surface area is 72.2 Å². The summed E-state index contributed by atoms with van der Waals surface area (Å²) in [5.74, 6) is 0.665. The second kappa shape index (κ2) is 4.66. The SMILES string of the molecule is CC(CCN)Nc1ncccn1. The molecule has 0 radical (unpaired) electrons. The van der Waals surface area contributed by atoms with Crippen LogP contribution in [-0.2, 0) is 0 Å². The average Bonchev–Trinajstić information content (AvgIpc) is 2.06. The third-order valence-electron chi connectivity index (χ3n) is 1.54. The van der Waals surface area contributed by atoms with Crippen LogP contribution in [0.5, 0.6) is 0 Å². The van der Waals surface area contributed by atoms with E-state index >= 15 is 0 Å². The van der Waals surface area contributed by atoms with Gasteiger partial charge in [-0.15, -0.1) is 0 Å². The maximum atomic E-state index is 5.40. The Morgan fingerprint density at radius 2 is 2.17 bits per heavy atom. The molecule has 1 atom stereocenters. The molecule has 1 unspecified atom stereocenters. The van der Waals surface area contributed by atoms with Gasteiger partial charge in [-0.25, -0.2) is 9.97 Å². The minimum atomic E-state index is 0.331. The summed E-state index contributed by atoms with van der Waals surface area (Å²) in [6, 6.07) is 2.12. The molecule has 0 fully saturated rings. The van der Waals surface area contributed by atoms with Crippen molar-refractivity contribution in [2.75, 3.05) is 11.9 Å². The smallest absolute Gasteiger partial charge is 0.222 e. The summed E-state index contributed by atoms with van der Waals surface area (Å²) in [4.78, 5) is 8.08. The van der Waals surface area contributed by atoms with Gasteiger partial charge in [0, 0.05) is 18.4 Å². The van der Waals surface area contributed by atoms with Crippen LogP contribution in [0.4, 0.5) is 5.95 Å². The number of aromatic nitrogens is 2. The molecule has 0 aromatic carbocycles. The van der Waals surface area contributed by atoms with Crippen LogP contribution in [0.15, 0.2) is 18.5 Å². The summed E-state index contributed by atoms with van der Waals surface area (Å²) in [6.45, 7) is 2.74. The molecule has 0 amide bonds. The van der Waals surface area contributed by atoms with Crippen LogP contribution in [0.2, 0.25) is 0 Å². The van der Waals surface area contributed by atoms with E-state index in [2.05, 4.69) is 22.2 Å². The highest BCUT2D eigenvalue weighted by atomic mass is 15.1. The van der Waals surface area contributed by atoms with Crippen molar-refractivity contribution in [2.45, 2.75) is 19.4 Å². The molecule has 3 N–H and O–H groups in total. The highest BCUT2D eigenvalue weighted by Crippen LogP contribution is 1.99. The minimum Gasteiger partial charge on any atom is -0.352 e. The first-order chi connectivity index (χ1) is 5.83. The van der Waals surface area contributed by atoms with Gasteiger partial charge in [0.05, 0.1) is 0 Å². The van der Waals surface area contributed by atoms with E-state index in [9.17, 15) is 0 Å². The Morgan fingerprint density at radius 1 is 1.50 bits per heavy atom. The quantitative estimate of drug-likeness (QED) is 0.688. The van der Waals surface area contributed by atoms with Gasteiger partial charge in [0.1, 0.15) is 0 Å². The first kappa shape index (κ1) is 8.93. The number of rotatable bonds is 4. The molecule has 0 aliphatic rings. The van der Waals surface area contributed by atoms with Gasteiger partial charge in [-0.1, -0.05) is 0 Å². The van der Waals surface area contributed by atoms with Gasteiger partial charge in [-0.05, 0) is 26.0 Å². The molecule has 66 valence electrons. The number of hydrogen-bond acceptors (Lipinski definition) is 4. The summed E-state index contributed by atoms with van der Waals surface area (Å²) in [6.07, 6.45) is 4.35. The van der Waals surface area contributed by atoms with Crippen LogP contribution in [0.3, 0.4) is 0 Å². The molecule has 0 aliphatic carbocycles. The topological polar surface area (TPSA) is 63.8 Å². The lowest BCUT2D eigenvalue weighted by Gasteiger charge is -2.11. The molecule has 1 rings (SSSR count). The zero-order chi connectivity index (χ0) is 8.81. The highest BCUT2D eigenvalue weighted by Gasteiger charge is 2.00. The van der Waals surface area contributed by atoms with Gasteiger partial charge in [-0.3, -0.25) is 0 Å². The molecule has 0 spiro atoms. The van der Waals surface area contributed by atoms with Crippen molar-refractivity contribution in [1.82, 2.24) is 9.97 Å². The second-order valence-electron chi connectivity index (χ2n) is 2.70. The fraction of sp³-hybridized carbons (Fsp3) is 0.500. The summed E-state index contributed by atoms with van der Waals surface area (Å²) in [7, 11) is 0. The standard InChI is InChI=1S/C8H14N4/c1-7(3-4-9)12-8-10-5-2-6-11-8/h2,5-7H,3-4,9H2,1H3,(H,10,11,12). The fourth-order valence-corrected chi connectivity index (χ4v) is 0.916. The minimum absolute atomic E-state index is 0.331. The van der Waals surface area contributed by atoms with E-state index in [1.165, 1.54) is 0 Å². The Kier molecular flexibility index (Phi) is 3.47. The average molecular weight is 166 g/mol. The van der Waals surface area contributed by atoms with Crippen molar-refractivity contribution in [3.63, 3.8) is 0 Å². The monoisotopic (exact) mass is 166 g/mol. The number of nitrogens with one attached hydrogen (secondary N) is 1. The molecular weight excluding hydrogens is 152 g/mol. The van der Waals surface area contributed by atoms with Crippen molar-refractivity contribution in [1.29, 1.82) is 0 Å². The molecule has 0 saturated carbocycles. The van der Waals surface area contributed by atoms with E-state index in [1.54, 1.807) is 18.5 Å². The van der Waals surface area contributed by atoms with Crippen molar-refractivity contribution >= 4 is 5.95 Å². The molecule has 4 nitrogen and oxygen atoms in total. The number of nitrogens with two attached hydrogens (primary N) is 1. The normalized spacial score (nSPS) is 12.5. The van der Waals surface area contributed by atoms with Crippen molar-refractivity contribution in [3.8, 4) is 0 Å². The summed E-state index contributed by atoms with van der Waals surface area (Å²) in [5.41, 5.74) is 5.40. The predicted molar refractivity (Wildman–Crippen MR) is 48.8 cm³/mol. The summed E-state index contributed by atoms with van der Waals surface area (Å²) >= 11 is 0. The third-order valence-corrected chi connectivity index (χ3v) is 1.54. The molecule has 4 heteroatoms. The zero-order valence-electron chi connectivity index (χ0n) is 7.20. The van der Waals surface area contributed by atoms with E-state index in [0.717, 1.165) is 6.42 Å². The molecular formula is C8H14N4. The van der Waals surface area contributed by atoms with Crippen molar-refractivity contribution < 1.29 is 0 Å². The summed E-state index contributed by atoms with van der Waals surface area (Å²) in [5, 5.41) is 3.14. The third kappa shape index (κ3) is 2.84. The number of hydrogen-bond donors (Lipinski definition) is 2. The van der Waals surface area contributed by atoms with Crippen LogP contribution >= 0.6 is 0 Å². The highest BCUT2D eigenvalue weighted by molar-refractivity contribution is 5.23. The largest absolute Gasteiger partial charge is 0.352 e. The van der Waals surface area contributed by atoms with Crippen LogP contribution in [0.25, 0.3) is 0 Å². The second-order valence-corrected chi connectivity index (χ2v) is 2.70. The maximum absolute atomic E-state index is 5.40. The van der Waals surface area contributed by atoms with E-state index in [0.29, 0.717) is 18.5 Å². The predicted octanol–water partition coefficient (Wildman–Crippen LogP) is 0.626. The molecule has 1 aromatic rings. The van der Waals surface area contributed by atoms with Gasteiger partial charge in [-0.2, -0.15) is 0 Å². The van der Waals surface area contributed by atoms with Crippen LogP contribution < -0.4 is 11.1 Å².